The molecule has 0 aliphatic heterocycles. The monoisotopic (exact) mass is 397 g/mol. The number of amides is 1. The van der Waals surface area contributed by atoms with Gasteiger partial charge in [-0.05, 0) is 24.3 Å². The fraction of sp³-hybridized carbons (Fsp3) is 0.0526. The molecule has 8 nitrogen and oxygen atoms in total. The molecule has 3 aromatic rings. The van der Waals surface area contributed by atoms with Crippen LogP contribution < -0.4 is 16.6 Å². The lowest BCUT2D eigenvalue weighted by atomic mass is 10.3. The molecule has 0 saturated carbocycles. The highest BCUT2D eigenvalue weighted by Crippen LogP contribution is 2.33. The highest BCUT2D eigenvalue weighted by Gasteiger charge is 2.15. The summed E-state index contributed by atoms with van der Waals surface area (Å²) in [5.41, 5.74) is -1.46. The summed E-state index contributed by atoms with van der Waals surface area (Å²) < 4.78 is 4.84. The molecule has 1 aromatic heterocycles. The first-order chi connectivity index (χ1) is 13.5. The third-order valence-electron chi connectivity index (χ3n) is 3.51. The van der Waals surface area contributed by atoms with Crippen molar-refractivity contribution in [2.45, 2.75) is 9.79 Å². The van der Waals surface area contributed by atoms with Gasteiger partial charge in [0, 0.05) is 16.0 Å². The second-order valence-electron chi connectivity index (χ2n) is 5.52. The van der Waals surface area contributed by atoms with Crippen LogP contribution in [0.25, 0.3) is 0 Å². The van der Waals surface area contributed by atoms with Crippen molar-refractivity contribution in [2.24, 2.45) is 0 Å². The topological polar surface area (TPSA) is 121 Å². The zero-order chi connectivity index (χ0) is 19.9. The van der Waals surface area contributed by atoms with Crippen LogP contribution in [0.4, 0.5) is 5.69 Å². The number of hydrogen-bond donors (Lipinski definition) is 3. The van der Waals surface area contributed by atoms with Gasteiger partial charge in [-0.1, -0.05) is 42.1 Å². The molecule has 0 saturated heterocycles. The van der Waals surface area contributed by atoms with E-state index in [2.05, 4.69) is 10.3 Å². The molecule has 0 aliphatic rings. The lowest BCUT2D eigenvalue weighted by Crippen LogP contribution is -2.29. The van der Waals surface area contributed by atoms with Crippen molar-refractivity contribution in [3.05, 3.63) is 87.2 Å². The molecule has 9 heteroatoms. The molecule has 28 heavy (non-hydrogen) atoms. The maximum absolute atomic E-state index is 12.2. The van der Waals surface area contributed by atoms with Gasteiger partial charge in [0.1, 0.15) is 5.56 Å². The molecule has 0 fully saturated rings. The van der Waals surface area contributed by atoms with Gasteiger partial charge in [0.2, 0.25) is 0 Å². The third kappa shape index (κ3) is 4.98. The third-order valence-corrected chi connectivity index (χ3v) is 4.59. The molecule has 1 heterocycles. The van der Waals surface area contributed by atoms with Gasteiger partial charge in [0.15, 0.2) is 6.61 Å². The Morgan fingerprint density at radius 1 is 1.00 bits per heavy atom. The molecular weight excluding hydrogens is 382 g/mol. The number of aromatic amines is 2. The lowest BCUT2D eigenvalue weighted by Gasteiger charge is -2.11. The molecule has 142 valence electrons. The summed E-state index contributed by atoms with van der Waals surface area (Å²) in [6.45, 7) is -0.582. The zero-order valence-electron chi connectivity index (χ0n) is 14.4. The van der Waals surface area contributed by atoms with Gasteiger partial charge in [-0.3, -0.25) is 14.6 Å². The zero-order valence-corrected chi connectivity index (χ0v) is 15.2. The van der Waals surface area contributed by atoms with E-state index in [9.17, 15) is 19.2 Å². The molecule has 2 aromatic carbocycles. The van der Waals surface area contributed by atoms with Gasteiger partial charge in [0.25, 0.3) is 11.5 Å². The molecule has 3 N–H and O–H groups in total. The first-order valence-electron chi connectivity index (χ1n) is 8.14. The summed E-state index contributed by atoms with van der Waals surface area (Å²) in [4.78, 5) is 52.5. The van der Waals surface area contributed by atoms with Gasteiger partial charge in [0.05, 0.1) is 5.69 Å². The van der Waals surface area contributed by atoms with E-state index in [1.807, 2.05) is 47.4 Å². The molecule has 3 rings (SSSR count). The van der Waals surface area contributed by atoms with Crippen LogP contribution in [0.15, 0.2) is 80.2 Å². The Bertz CT molecular complexity index is 1110. The van der Waals surface area contributed by atoms with Crippen LogP contribution in [0.3, 0.4) is 0 Å². The van der Waals surface area contributed by atoms with Crippen molar-refractivity contribution in [3.8, 4) is 0 Å². The average molecular weight is 397 g/mol. The number of rotatable bonds is 6. The SMILES string of the molecule is O=C(COC(=O)c1c[nH]c(=O)[nH]c1=O)Nc1ccccc1Sc1ccccc1. The lowest BCUT2D eigenvalue weighted by molar-refractivity contribution is -0.119. The minimum absolute atomic E-state index is 0.396. The van der Waals surface area contributed by atoms with E-state index in [4.69, 9.17) is 4.74 Å². The Hall–Kier alpha value is -3.59. The minimum atomic E-state index is -1.01. The van der Waals surface area contributed by atoms with E-state index >= 15 is 0 Å². The number of benzene rings is 2. The summed E-state index contributed by atoms with van der Waals surface area (Å²) in [6.07, 6.45) is 0.938. The van der Waals surface area contributed by atoms with Crippen LogP contribution in [-0.2, 0) is 9.53 Å². The van der Waals surface area contributed by atoms with Crippen molar-refractivity contribution in [3.63, 3.8) is 0 Å². The Kier molecular flexibility index (Phi) is 6.07. The van der Waals surface area contributed by atoms with E-state index < -0.39 is 35.3 Å². The number of hydrogen-bond acceptors (Lipinski definition) is 6. The number of esters is 1. The molecular formula is C19H15N3O5S. The highest BCUT2D eigenvalue weighted by atomic mass is 32.2. The number of anilines is 1. The van der Waals surface area contributed by atoms with Gasteiger partial charge in [-0.15, -0.1) is 0 Å². The summed E-state index contributed by atoms with van der Waals surface area (Å²) in [7, 11) is 0. The van der Waals surface area contributed by atoms with Gasteiger partial charge in [-0.2, -0.15) is 0 Å². The highest BCUT2D eigenvalue weighted by molar-refractivity contribution is 7.99. The Balaban J connectivity index is 1.63. The van der Waals surface area contributed by atoms with Crippen LogP contribution in [0.2, 0.25) is 0 Å². The molecule has 1 amide bonds. The summed E-state index contributed by atoms with van der Waals surface area (Å²) in [5.74, 6) is -1.57. The maximum Gasteiger partial charge on any atom is 0.345 e. The van der Waals surface area contributed by atoms with Gasteiger partial charge >= 0.3 is 11.7 Å². The van der Waals surface area contributed by atoms with Crippen LogP contribution in [-0.4, -0.2) is 28.5 Å². The first-order valence-corrected chi connectivity index (χ1v) is 8.95. The van der Waals surface area contributed by atoms with Crippen LogP contribution in [0, 0.1) is 0 Å². The second kappa shape index (κ2) is 8.87. The molecule has 0 unspecified atom stereocenters. The summed E-state index contributed by atoms with van der Waals surface area (Å²) in [5, 5.41) is 2.68. The van der Waals surface area contributed by atoms with Crippen LogP contribution in [0.5, 0.6) is 0 Å². The van der Waals surface area contributed by atoms with E-state index in [0.29, 0.717) is 5.69 Å². The quantitative estimate of drug-likeness (QED) is 0.547. The molecule has 0 bridgehead atoms. The van der Waals surface area contributed by atoms with Crippen molar-refractivity contribution in [1.82, 2.24) is 9.97 Å². The van der Waals surface area contributed by atoms with Crippen molar-refractivity contribution >= 4 is 29.3 Å². The fourth-order valence-corrected chi connectivity index (χ4v) is 3.15. The molecule has 0 radical (unpaired) electrons. The Morgan fingerprint density at radius 3 is 2.46 bits per heavy atom. The van der Waals surface area contributed by atoms with E-state index in [1.54, 1.807) is 12.1 Å². The summed E-state index contributed by atoms with van der Waals surface area (Å²) >= 11 is 1.48. The average Bonchev–Trinajstić information content (AvgIpc) is 2.68. The number of H-pyrrole nitrogens is 2. The predicted molar refractivity (Wildman–Crippen MR) is 104 cm³/mol. The van der Waals surface area contributed by atoms with Crippen molar-refractivity contribution in [2.75, 3.05) is 11.9 Å². The molecule has 0 aliphatic carbocycles. The van der Waals surface area contributed by atoms with Gasteiger partial charge in [-0.25, -0.2) is 9.59 Å². The fourth-order valence-electron chi connectivity index (χ4n) is 2.23. The van der Waals surface area contributed by atoms with Crippen molar-refractivity contribution in [1.29, 1.82) is 0 Å². The second-order valence-corrected chi connectivity index (χ2v) is 6.64. The number of aromatic nitrogens is 2. The van der Waals surface area contributed by atoms with E-state index in [0.717, 1.165) is 16.0 Å². The van der Waals surface area contributed by atoms with E-state index in [-0.39, 0.29) is 0 Å². The molecule has 0 atom stereocenters. The normalized spacial score (nSPS) is 10.3. The standard InChI is InChI=1S/C19H15N3O5S/c23-16(11-27-18(25)13-10-20-19(26)22-17(13)24)21-14-8-4-5-9-15(14)28-12-6-2-1-3-7-12/h1-10H,11H2,(H,21,23)(H2,20,22,24,26). The number of carbonyl (C=O) groups is 2. The van der Waals surface area contributed by atoms with Gasteiger partial charge < -0.3 is 15.0 Å². The van der Waals surface area contributed by atoms with Crippen molar-refractivity contribution < 1.29 is 14.3 Å². The Labute approximate surface area is 163 Å². The number of nitrogens with one attached hydrogen (secondary N) is 3. The van der Waals surface area contributed by atoms with Crippen LogP contribution >= 0.6 is 11.8 Å². The first kappa shape index (κ1) is 19.2. The summed E-state index contributed by atoms with van der Waals surface area (Å²) in [6, 6.07) is 16.9. The maximum atomic E-state index is 12.2. The Morgan fingerprint density at radius 2 is 1.71 bits per heavy atom. The largest absolute Gasteiger partial charge is 0.452 e. The van der Waals surface area contributed by atoms with Crippen LogP contribution in [0.1, 0.15) is 10.4 Å². The number of carbonyl (C=O) groups excluding carboxylic acids is 2. The molecule has 0 spiro atoms. The number of ether oxygens (including phenoxy) is 1. The smallest absolute Gasteiger partial charge is 0.345 e. The minimum Gasteiger partial charge on any atom is -0.452 e. The predicted octanol–water partition coefficient (Wildman–Crippen LogP) is 2.01. The van der Waals surface area contributed by atoms with E-state index in [1.165, 1.54) is 11.8 Å². The number of para-hydroxylation sites is 1.